The first kappa shape index (κ1) is 10.3. The molecule has 2 heterocycles. The minimum Gasteiger partial charge on any atom is -0.274 e. The van der Waals surface area contributed by atoms with Crippen molar-refractivity contribution in [2.24, 2.45) is 0 Å². The molecule has 0 amide bonds. The van der Waals surface area contributed by atoms with Gasteiger partial charge in [0.05, 0.1) is 5.52 Å². The van der Waals surface area contributed by atoms with Gasteiger partial charge in [-0.25, -0.2) is 9.78 Å². The van der Waals surface area contributed by atoms with Crippen LogP contribution in [0.25, 0.3) is 11.0 Å². The Morgan fingerprint density at radius 2 is 2.20 bits per heavy atom. The van der Waals surface area contributed by atoms with Gasteiger partial charge < -0.3 is 0 Å². The summed E-state index contributed by atoms with van der Waals surface area (Å²) in [6.07, 6.45) is 0. The van der Waals surface area contributed by atoms with E-state index in [-0.39, 0.29) is 19.4 Å². The largest absolute Gasteiger partial charge is 0.332 e. The first-order valence-electron chi connectivity index (χ1n) is 4.13. The molecule has 0 aliphatic carbocycles. The van der Waals surface area contributed by atoms with E-state index in [9.17, 15) is 9.59 Å². The molecule has 2 aromatic heterocycles. The van der Waals surface area contributed by atoms with E-state index in [4.69, 9.17) is 11.6 Å². The molecule has 2 aromatic rings. The van der Waals surface area contributed by atoms with Gasteiger partial charge in [0.25, 0.3) is 5.56 Å². The first-order chi connectivity index (χ1) is 7.13. The lowest BCUT2D eigenvalue weighted by Gasteiger charge is -2.05. The molecule has 1 N–H and O–H groups in total. The van der Waals surface area contributed by atoms with E-state index in [2.05, 4.69) is 9.97 Å². The molecular weight excluding hydrogens is 237 g/mol. The summed E-state index contributed by atoms with van der Waals surface area (Å²) in [5.74, 6) is 0. The third-order valence-corrected chi connectivity index (χ3v) is 3.04. The molecule has 0 bridgehead atoms. The third-order valence-electron chi connectivity index (χ3n) is 1.94. The van der Waals surface area contributed by atoms with Gasteiger partial charge >= 0.3 is 5.69 Å². The average molecular weight is 244 g/mol. The normalized spacial score (nSPS) is 11.6. The zero-order valence-electron chi connectivity index (χ0n) is 7.74. The second-order valence-electron chi connectivity index (χ2n) is 2.82. The molecule has 0 spiro atoms. The average Bonchev–Trinajstić information content (AvgIpc) is 2.19. The lowest BCUT2D eigenvalue weighted by Crippen LogP contribution is -2.27. The van der Waals surface area contributed by atoms with E-state index >= 15 is 0 Å². The van der Waals surface area contributed by atoms with Crippen molar-refractivity contribution in [3.63, 3.8) is 0 Å². The lowest BCUT2D eigenvalue weighted by molar-refractivity contribution is 1.02. The van der Waals surface area contributed by atoms with Gasteiger partial charge in [0.2, 0.25) is 0 Å². The Hall–Kier alpha value is -1.19. The second kappa shape index (κ2) is 3.76. The van der Waals surface area contributed by atoms with Gasteiger partial charge in [-0.3, -0.25) is 14.1 Å². The number of hydrogen-bond donors (Lipinski definition) is 1. The number of nitrogens with zero attached hydrogens (tertiary/aromatic N) is 2. The van der Waals surface area contributed by atoms with E-state index in [1.807, 2.05) is 6.66 Å². The lowest BCUT2D eigenvalue weighted by atomic mass is 10.4. The number of halogens is 1. The van der Waals surface area contributed by atoms with E-state index in [1.165, 1.54) is 4.34 Å². The van der Waals surface area contributed by atoms with Gasteiger partial charge in [-0.05, 0) is 27.5 Å². The zero-order chi connectivity index (χ0) is 11.0. The van der Waals surface area contributed by atoms with Crippen LogP contribution in [0.15, 0.2) is 21.7 Å². The standard InChI is InChI=1S/C8H7ClN3O2P/c1-15-12-4-2-3-5(9)10-6(4)7(13)11-8(12)14/h2-3,15H,1H3,(H,11,13,14). The highest BCUT2D eigenvalue weighted by Crippen LogP contribution is 2.15. The Morgan fingerprint density at radius 3 is 2.87 bits per heavy atom. The number of aromatic amines is 1. The van der Waals surface area contributed by atoms with Gasteiger partial charge in [0.15, 0.2) is 5.52 Å². The van der Waals surface area contributed by atoms with Gasteiger partial charge in [-0.15, -0.1) is 0 Å². The molecule has 7 heteroatoms. The fourth-order valence-electron chi connectivity index (χ4n) is 1.32. The third kappa shape index (κ3) is 1.68. The predicted molar refractivity (Wildman–Crippen MR) is 61.3 cm³/mol. The molecule has 0 aliphatic heterocycles. The number of nitrogens with one attached hydrogen (secondary N) is 1. The van der Waals surface area contributed by atoms with Crippen molar-refractivity contribution in [2.75, 3.05) is 6.66 Å². The topological polar surface area (TPSA) is 67.8 Å². The van der Waals surface area contributed by atoms with Crippen LogP contribution in [0.4, 0.5) is 0 Å². The summed E-state index contributed by atoms with van der Waals surface area (Å²) in [6.45, 7) is 1.84. The van der Waals surface area contributed by atoms with Crippen molar-refractivity contribution >= 4 is 31.4 Å². The molecule has 0 saturated heterocycles. The maximum atomic E-state index is 11.4. The molecule has 1 atom stereocenters. The van der Waals surface area contributed by atoms with Crippen LogP contribution >= 0.6 is 20.3 Å². The Morgan fingerprint density at radius 1 is 1.47 bits per heavy atom. The molecule has 0 aromatic carbocycles. The van der Waals surface area contributed by atoms with Crippen LogP contribution < -0.4 is 11.2 Å². The van der Waals surface area contributed by atoms with Gasteiger partial charge in [0.1, 0.15) is 5.15 Å². The molecule has 0 fully saturated rings. The van der Waals surface area contributed by atoms with Crippen LogP contribution in [0.5, 0.6) is 0 Å². The van der Waals surface area contributed by atoms with Crippen LogP contribution in [0, 0.1) is 0 Å². The van der Waals surface area contributed by atoms with Crippen molar-refractivity contribution in [3.05, 3.63) is 38.1 Å². The Bertz CT molecular complexity index is 634. The van der Waals surface area contributed by atoms with Crippen LogP contribution in [0.3, 0.4) is 0 Å². The Kier molecular flexibility index (Phi) is 2.59. The maximum Gasteiger partial charge on any atom is 0.332 e. The van der Waals surface area contributed by atoms with E-state index in [0.717, 1.165) is 0 Å². The van der Waals surface area contributed by atoms with Crippen LogP contribution in [0.1, 0.15) is 0 Å². The Balaban J connectivity index is 3.03. The van der Waals surface area contributed by atoms with Crippen LogP contribution in [-0.4, -0.2) is 21.0 Å². The summed E-state index contributed by atoms with van der Waals surface area (Å²) in [5, 5.41) is 0.234. The first-order valence-corrected chi connectivity index (χ1v) is 5.95. The summed E-state index contributed by atoms with van der Waals surface area (Å²) in [6, 6.07) is 3.18. The maximum absolute atomic E-state index is 11.4. The Labute approximate surface area is 90.9 Å². The predicted octanol–water partition coefficient (Wildman–Crippen LogP) is 0.810. The number of aromatic nitrogens is 3. The SMILES string of the molecule is CPn1c(=O)[nH]c(=O)c2nc(Cl)ccc21. The number of pyridine rings is 1. The number of hydrogen-bond acceptors (Lipinski definition) is 3. The minimum atomic E-state index is -0.507. The molecule has 15 heavy (non-hydrogen) atoms. The molecular formula is C8H7ClN3O2P. The van der Waals surface area contributed by atoms with Crippen molar-refractivity contribution in [3.8, 4) is 0 Å². The molecule has 1 unspecified atom stereocenters. The second-order valence-corrected chi connectivity index (χ2v) is 4.10. The molecule has 0 aliphatic rings. The number of H-pyrrole nitrogens is 1. The quantitative estimate of drug-likeness (QED) is 0.595. The molecule has 0 saturated carbocycles. The highest BCUT2D eigenvalue weighted by molar-refractivity contribution is 7.35. The summed E-state index contributed by atoms with van der Waals surface area (Å²) in [5.41, 5.74) is -0.227. The number of fused-ring (bicyclic) bond motifs is 1. The fourth-order valence-corrected chi connectivity index (χ4v) is 2.15. The molecule has 0 radical (unpaired) electrons. The summed E-state index contributed by atoms with van der Waals surface area (Å²) >= 11 is 5.68. The van der Waals surface area contributed by atoms with E-state index in [0.29, 0.717) is 5.52 Å². The van der Waals surface area contributed by atoms with Gasteiger partial charge in [-0.2, -0.15) is 0 Å². The van der Waals surface area contributed by atoms with E-state index < -0.39 is 11.2 Å². The number of rotatable bonds is 1. The van der Waals surface area contributed by atoms with E-state index in [1.54, 1.807) is 12.1 Å². The molecule has 78 valence electrons. The van der Waals surface area contributed by atoms with Crippen LogP contribution in [-0.2, 0) is 0 Å². The summed E-state index contributed by atoms with van der Waals surface area (Å²) < 4.78 is 1.46. The molecule has 2 rings (SSSR count). The van der Waals surface area contributed by atoms with Gasteiger partial charge in [0, 0.05) is 0 Å². The van der Waals surface area contributed by atoms with Crippen molar-refractivity contribution in [1.82, 2.24) is 14.3 Å². The van der Waals surface area contributed by atoms with Crippen molar-refractivity contribution in [1.29, 1.82) is 0 Å². The van der Waals surface area contributed by atoms with Crippen molar-refractivity contribution in [2.45, 2.75) is 0 Å². The van der Waals surface area contributed by atoms with Crippen LogP contribution in [0.2, 0.25) is 5.15 Å². The fraction of sp³-hybridized carbons (Fsp3) is 0.125. The molecule has 5 nitrogen and oxygen atoms in total. The highest BCUT2D eigenvalue weighted by Gasteiger charge is 2.07. The minimum absolute atomic E-state index is 0.191. The highest BCUT2D eigenvalue weighted by atomic mass is 35.5. The van der Waals surface area contributed by atoms with Crippen molar-refractivity contribution < 1.29 is 0 Å². The summed E-state index contributed by atoms with van der Waals surface area (Å²) in [7, 11) is 0.227. The monoisotopic (exact) mass is 243 g/mol. The smallest absolute Gasteiger partial charge is 0.274 e. The zero-order valence-corrected chi connectivity index (χ0v) is 9.50. The summed E-state index contributed by atoms with van der Waals surface area (Å²) in [4.78, 5) is 28.9. The van der Waals surface area contributed by atoms with Gasteiger partial charge in [-0.1, -0.05) is 11.6 Å².